The second kappa shape index (κ2) is 11.0. The van der Waals surface area contributed by atoms with E-state index in [1.54, 1.807) is 6.92 Å². The van der Waals surface area contributed by atoms with Gasteiger partial charge in [0.2, 0.25) is 0 Å². The molecule has 0 spiro atoms. The number of hydrogen-bond donors (Lipinski definition) is 3. The summed E-state index contributed by atoms with van der Waals surface area (Å²) >= 11 is 0. The molecule has 0 aromatic carbocycles. The minimum absolute atomic E-state index is 0.0179. The van der Waals surface area contributed by atoms with E-state index in [1.165, 1.54) is 6.08 Å². The van der Waals surface area contributed by atoms with E-state index < -0.39 is 18.0 Å². The van der Waals surface area contributed by atoms with Crippen molar-refractivity contribution in [3.05, 3.63) is 23.3 Å². The summed E-state index contributed by atoms with van der Waals surface area (Å²) in [5, 5.41) is 27.1. The minimum Gasteiger partial charge on any atom is -0.481 e. The molecule has 0 radical (unpaired) electrons. The van der Waals surface area contributed by atoms with Gasteiger partial charge in [0.15, 0.2) is 0 Å². The smallest absolute Gasteiger partial charge is 0.328 e. The normalized spacial score (nSPS) is 16.7. The number of aliphatic carboxylic acids is 2. The predicted octanol–water partition coefficient (Wildman–Crippen LogP) is 3.63. The molecule has 0 aliphatic heterocycles. The van der Waals surface area contributed by atoms with Gasteiger partial charge in [-0.1, -0.05) is 38.3 Å². The summed E-state index contributed by atoms with van der Waals surface area (Å²) in [5.74, 6) is -1.46. The number of aliphatic hydroxyl groups is 1. The van der Waals surface area contributed by atoms with E-state index in [9.17, 15) is 14.7 Å². The number of carbonyl (C=O) groups is 2. The van der Waals surface area contributed by atoms with Crippen molar-refractivity contribution in [3.8, 4) is 0 Å². The Morgan fingerprint density at radius 2 is 1.61 bits per heavy atom. The van der Waals surface area contributed by atoms with E-state index in [-0.39, 0.29) is 12.3 Å². The lowest BCUT2D eigenvalue weighted by Gasteiger charge is -2.18. The van der Waals surface area contributed by atoms with Crippen molar-refractivity contribution in [1.82, 2.24) is 0 Å². The monoisotopic (exact) mass is 326 g/mol. The molecule has 0 rings (SSSR count). The minimum atomic E-state index is -0.969. The molecule has 0 amide bonds. The highest BCUT2D eigenvalue weighted by molar-refractivity contribution is 5.81. The quantitative estimate of drug-likeness (QED) is 0.398. The molecule has 0 bridgehead atoms. The summed E-state index contributed by atoms with van der Waals surface area (Å²) in [7, 11) is 0. The van der Waals surface area contributed by atoms with Crippen molar-refractivity contribution in [1.29, 1.82) is 0 Å². The second-order valence-electron chi connectivity index (χ2n) is 6.60. The molecule has 0 aromatic heterocycles. The molecular formula is C18H30O5. The first-order valence-electron chi connectivity index (χ1n) is 8.10. The third kappa shape index (κ3) is 11.6. The Labute approximate surface area is 138 Å². The Hall–Kier alpha value is -1.62. The topological polar surface area (TPSA) is 94.8 Å². The van der Waals surface area contributed by atoms with E-state index in [0.29, 0.717) is 5.92 Å². The van der Waals surface area contributed by atoms with Crippen molar-refractivity contribution in [3.63, 3.8) is 0 Å². The lowest BCUT2D eigenvalue weighted by molar-refractivity contribution is -0.140. The zero-order valence-corrected chi connectivity index (χ0v) is 14.6. The molecule has 0 saturated heterocycles. The van der Waals surface area contributed by atoms with Crippen LogP contribution in [0.1, 0.15) is 59.8 Å². The molecule has 0 aliphatic carbocycles. The van der Waals surface area contributed by atoms with Crippen LogP contribution in [0.15, 0.2) is 23.3 Å². The first-order chi connectivity index (χ1) is 10.6. The number of hydrogen-bond acceptors (Lipinski definition) is 3. The van der Waals surface area contributed by atoms with Crippen LogP contribution in [-0.2, 0) is 9.59 Å². The average Bonchev–Trinajstić information content (AvgIpc) is 2.35. The summed E-state index contributed by atoms with van der Waals surface area (Å²) in [6.45, 7) is 7.79. The van der Waals surface area contributed by atoms with Gasteiger partial charge in [0.1, 0.15) is 0 Å². The number of carboxylic acid groups (broad SMARTS) is 2. The molecule has 5 nitrogen and oxygen atoms in total. The van der Waals surface area contributed by atoms with Gasteiger partial charge in [-0.05, 0) is 44.1 Å². The molecule has 5 heteroatoms. The second-order valence-corrected chi connectivity index (χ2v) is 6.60. The fourth-order valence-corrected chi connectivity index (χ4v) is 2.70. The van der Waals surface area contributed by atoms with E-state index in [1.807, 2.05) is 19.9 Å². The molecule has 0 saturated carbocycles. The van der Waals surface area contributed by atoms with Crippen LogP contribution in [0.3, 0.4) is 0 Å². The molecule has 0 aromatic rings. The van der Waals surface area contributed by atoms with Crippen molar-refractivity contribution in [2.75, 3.05) is 0 Å². The van der Waals surface area contributed by atoms with E-state index in [2.05, 4.69) is 6.92 Å². The van der Waals surface area contributed by atoms with Gasteiger partial charge >= 0.3 is 11.9 Å². The molecule has 0 aliphatic rings. The fraction of sp³-hybridized carbons (Fsp3) is 0.667. The maximum Gasteiger partial charge on any atom is 0.328 e. The van der Waals surface area contributed by atoms with Crippen molar-refractivity contribution in [2.45, 2.75) is 65.9 Å². The van der Waals surface area contributed by atoms with Crippen LogP contribution in [0.4, 0.5) is 0 Å². The molecule has 3 N–H and O–H groups in total. The summed E-state index contributed by atoms with van der Waals surface area (Å²) in [5.41, 5.74) is 1.87. The van der Waals surface area contributed by atoms with Gasteiger partial charge in [0.25, 0.3) is 0 Å². The fourth-order valence-electron chi connectivity index (χ4n) is 2.70. The maximum absolute atomic E-state index is 10.6. The maximum atomic E-state index is 10.6. The average molecular weight is 326 g/mol. The van der Waals surface area contributed by atoms with E-state index >= 15 is 0 Å². The SMILES string of the molecule is CC(=CC(=O)O)C=C(C)CC(C)CCCC(C)C(O)CC(=O)O. The van der Waals surface area contributed by atoms with Crippen LogP contribution in [0, 0.1) is 11.8 Å². The first kappa shape index (κ1) is 21.4. The van der Waals surface area contributed by atoms with Crippen molar-refractivity contribution < 1.29 is 24.9 Å². The molecular weight excluding hydrogens is 296 g/mol. The third-order valence-corrected chi connectivity index (χ3v) is 3.89. The molecule has 3 atom stereocenters. The zero-order chi connectivity index (χ0) is 18.0. The highest BCUT2D eigenvalue weighted by Gasteiger charge is 2.17. The summed E-state index contributed by atoms with van der Waals surface area (Å²) in [6, 6.07) is 0. The van der Waals surface area contributed by atoms with Crippen LogP contribution >= 0.6 is 0 Å². The van der Waals surface area contributed by atoms with Crippen LogP contribution in [0.5, 0.6) is 0 Å². The van der Waals surface area contributed by atoms with Gasteiger partial charge < -0.3 is 15.3 Å². The molecule has 23 heavy (non-hydrogen) atoms. The Balaban J connectivity index is 4.16. The van der Waals surface area contributed by atoms with Crippen LogP contribution < -0.4 is 0 Å². The largest absolute Gasteiger partial charge is 0.481 e. The summed E-state index contributed by atoms with van der Waals surface area (Å²) < 4.78 is 0. The van der Waals surface area contributed by atoms with Crippen molar-refractivity contribution >= 4 is 11.9 Å². The highest BCUT2D eigenvalue weighted by atomic mass is 16.4. The number of allylic oxidation sites excluding steroid dienone is 3. The van der Waals surface area contributed by atoms with Gasteiger partial charge in [-0.3, -0.25) is 4.79 Å². The Bertz CT molecular complexity index is 450. The lowest BCUT2D eigenvalue weighted by Crippen LogP contribution is -2.21. The van der Waals surface area contributed by atoms with Gasteiger partial charge in [0, 0.05) is 6.08 Å². The molecule has 132 valence electrons. The molecule has 0 heterocycles. The summed E-state index contributed by atoms with van der Waals surface area (Å²) in [6.07, 6.45) is 5.74. The van der Waals surface area contributed by atoms with E-state index in [4.69, 9.17) is 10.2 Å². The van der Waals surface area contributed by atoms with Crippen LogP contribution in [0.25, 0.3) is 0 Å². The number of rotatable bonds is 11. The van der Waals surface area contributed by atoms with E-state index in [0.717, 1.165) is 36.8 Å². The summed E-state index contributed by atoms with van der Waals surface area (Å²) in [4.78, 5) is 21.1. The van der Waals surface area contributed by atoms with Crippen LogP contribution in [-0.4, -0.2) is 33.4 Å². The lowest BCUT2D eigenvalue weighted by atomic mass is 9.91. The Morgan fingerprint density at radius 3 is 2.13 bits per heavy atom. The third-order valence-electron chi connectivity index (χ3n) is 3.89. The molecule has 0 fully saturated rings. The van der Waals surface area contributed by atoms with Gasteiger partial charge in [-0.2, -0.15) is 0 Å². The highest BCUT2D eigenvalue weighted by Crippen LogP contribution is 2.21. The Morgan fingerprint density at radius 1 is 1.00 bits per heavy atom. The standard InChI is InChI=1S/C18H30O5/c1-12(8-13(2)9-14(3)10-17(20)21)6-5-7-15(4)16(19)11-18(22)23/h9-10,12,15-16,19H,5-8,11H2,1-4H3,(H,20,21)(H,22,23). The van der Waals surface area contributed by atoms with Gasteiger partial charge in [-0.15, -0.1) is 0 Å². The van der Waals surface area contributed by atoms with Crippen LogP contribution in [0.2, 0.25) is 0 Å². The first-order valence-corrected chi connectivity index (χ1v) is 8.10. The molecule has 3 unspecified atom stereocenters. The zero-order valence-electron chi connectivity index (χ0n) is 14.6. The van der Waals surface area contributed by atoms with Gasteiger partial charge in [0.05, 0.1) is 12.5 Å². The van der Waals surface area contributed by atoms with Gasteiger partial charge in [-0.25, -0.2) is 4.79 Å². The predicted molar refractivity (Wildman–Crippen MR) is 90.2 cm³/mol. The van der Waals surface area contributed by atoms with Crippen molar-refractivity contribution in [2.24, 2.45) is 11.8 Å². The Kier molecular flexibility index (Phi) is 10.2. The number of carboxylic acids is 2. The number of aliphatic hydroxyl groups excluding tert-OH is 1.